The Morgan fingerprint density at radius 2 is 1.82 bits per heavy atom. The van der Waals surface area contributed by atoms with E-state index in [9.17, 15) is 14.3 Å². The first-order valence-corrected chi connectivity index (χ1v) is 7.46. The number of phenols is 1. The number of rotatable bonds is 3. The number of hydrogen-bond donors (Lipinski definition) is 1. The highest BCUT2D eigenvalue weighted by Crippen LogP contribution is 2.33. The number of phenolic OH excluding ortho intramolecular Hbond substituents is 1. The van der Waals surface area contributed by atoms with Crippen LogP contribution >= 0.6 is 0 Å². The van der Waals surface area contributed by atoms with Crippen LogP contribution in [0.4, 0.5) is 4.39 Å². The van der Waals surface area contributed by atoms with Crippen molar-refractivity contribution >= 4 is 5.91 Å². The van der Waals surface area contributed by atoms with Crippen molar-refractivity contribution < 1.29 is 14.3 Å². The Morgan fingerprint density at radius 3 is 2.50 bits per heavy atom. The summed E-state index contributed by atoms with van der Waals surface area (Å²) >= 11 is 0. The lowest BCUT2D eigenvalue weighted by molar-refractivity contribution is -0.131. The number of benzene rings is 2. The number of carbonyl (C=O) groups excluding carboxylic acids is 1. The van der Waals surface area contributed by atoms with Crippen LogP contribution in [-0.2, 0) is 11.2 Å². The average Bonchev–Trinajstić information content (AvgIpc) is 3.00. The van der Waals surface area contributed by atoms with Crippen molar-refractivity contribution in [3.05, 3.63) is 65.5 Å². The van der Waals surface area contributed by atoms with Gasteiger partial charge in [0.05, 0.1) is 12.5 Å². The lowest BCUT2D eigenvalue weighted by Crippen LogP contribution is -2.31. The topological polar surface area (TPSA) is 40.5 Å². The van der Waals surface area contributed by atoms with Gasteiger partial charge in [0, 0.05) is 6.54 Å². The average molecular weight is 299 g/mol. The maximum Gasteiger partial charge on any atom is 0.227 e. The predicted octanol–water partition coefficient (Wildman–Crippen LogP) is 3.44. The minimum Gasteiger partial charge on any atom is -0.508 e. The van der Waals surface area contributed by atoms with E-state index in [2.05, 4.69) is 0 Å². The Balaban J connectivity index is 1.73. The van der Waals surface area contributed by atoms with Crippen molar-refractivity contribution in [3.8, 4) is 5.75 Å². The number of halogens is 1. The number of aromatic hydroxyl groups is 1. The second-order valence-corrected chi connectivity index (χ2v) is 5.64. The summed E-state index contributed by atoms with van der Waals surface area (Å²) in [5, 5.41) is 9.38. The molecule has 1 saturated heterocycles. The van der Waals surface area contributed by atoms with Gasteiger partial charge in [0.15, 0.2) is 0 Å². The Bertz CT molecular complexity index is 652. The first-order valence-electron chi connectivity index (χ1n) is 7.46. The minimum atomic E-state index is -0.292. The third kappa shape index (κ3) is 3.11. The normalized spacial score (nSPS) is 17.7. The molecular formula is C18H18FNO2. The fourth-order valence-electron chi connectivity index (χ4n) is 2.99. The molecule has 4 heteroatoms. The van der Waals surface area contributed by atoms with Gasteiger partial charge in [-0.25, -0.2) is 4.39 Å². The molecule has 0 spiro atoms. The molecule has 3 nitrogen and oxygen atoms in total. The molecule has 2 aromatic carbocycles. The van der Waals surface area contributed by atoms with E-state index in [1.165, 1.54) is 12.1 Å². The third-order valence-electron chi connectivity index (χ3n) is 4.12. The number of nitrogens with zero attached hydrogens (tertiary/aromatic N) is 1. The van der Waals surface area contributed by atoms with Gasteiger partial charge in [-0.15, -0.1) is 0 Å². The maximum atomic E-state index is 12.9. The summed E-state index contributed by atoms with van der Waals surface area (Å²) in [4.78, 5) is 14.4. The zero-order valence-corrected chi connectivity index (χ0v) is 12.2. The maximum absolute atomic E-state index is 12.9. The minimum absolute atomic E-state index is 0.0576. The largest absolute Gasteiger partial charge is 0.508 e. The molecular weight excluding hydrogens is 281 g/mol. The molecule has 1 amide bonds. The van der Waals surface area contributed by atoms with E-state index in [-0.39, 0.29) is 29.9 Å². The lowest BCUT2D eigenvalue weighted by atomic mass is 10.0. The van der Waals surface area contributed by atoms with Crippen molar-refractivity contribution in [2.45, 2.75) is 25.3 Å². The van der Waals surface area contributed by atoms with E-state index < -0.39 is 0 Å². The fourth-order valence-corrected chi connectivity index (χ4v) is 2.99. The van der Waals surface area contributed by atoms with Crippen molar-refractivity contribution in [3.63, 3.8) is 0 Å². The molecule has 1 heterocycles. The molecule has 1 fully saturated rings. The number of likely N-dealkylation sites (tertiary alicyclic amines) is 1. The molecule has 3 rings (SSSR count). The highest BCUT2D eigenvalue weighted by Gasteiger charge is 2.29. The molecule has 1 atom stereocenters. The van der Waals surface area contributed by atoms with E-state index in [4.69, 9.17) is 0 Å². The van der Waals surface area contributed by atoms with Gasteiger partial charge in [-0.3, -0.25) is 4.79 Å². The van der Waals surface area contributed by atoms with Crippen LogP contribution in [-0.4, -0.2) is 22.5 Å². The van der Waals surface area contributed by atoms with Gasteiger partial charge in [0.1, 0.15) is 11.6 Å². The van der Waals surface area contributed by atoms with E-state index in [0.29, 0.717) is 0 Å². The molecule has 1 aliphatic heterocycles. The number of hydrogen-bond acceptors (Lipinski definition) is 2. The molecule has 0 bridgehead atoms. The molecule has 2 aromatic rings. The summed E-state index contributed by atoms with van der Waals surface area (Å²) in [5.74, 6) is -0.00698. The van der Waals surface area contributed by atoms with E-state index in [1.54, 1.807) is 24.3 Å². The van der Waals surface area contributed by atoms with E-state index in [1.807, 2.05) is 17.0 Å². The quantitative estimate of drug-likeness (QED) is 0.943. The molecule has 0 saturated carbocycles. The molecule has 0 unspecified atom stereocenters. The summed E-state index contributed by atoms with van der Waals surface area (Å²) < 4.78 is 12.9. The third-order valence-corrected chi connectivity index (χ3v) is 4.12. The monoisotopic (exact) mass is 299 g/mol. The van der Waals surface area contributed by atoms with Crippen LogP contribution in [0.1, 0.15) is 30.0 Å². The van der Waals surface area contributed by atoms with Crippen LogP contribution < -0.4 is 0 Å². The Morgan fingerprint density at radius 1 is 1.14 bits per heavy atom. The first-order chi connectivity index (χ1) is 10.6. The van der Waals surface area contributed by atoms with Crippen molar-refractivity contribution in [1.82, 2.24) is 4.90 Å². The zero-order chi connectivity index (χ0) is 15.5. The van der Waals surface area contributed by atoms with Gasteiger partial charge in [-0.2, -0.15) is 0 Å². The summed E-state index contributed by atoms with van der Waals surface area (Å²) in [5.41, 5.74) is 1.87. The van der Waals surface area contributed by atoms with Crippen molar-refractivity contribution in [2.75, 3.05) is 6.54 Å². The Hall–Kier alpha value is -2.36. The number of carbonyl (C=O) groups is 1. The molecule has 1 N–H and O–H groups in total. The van der Waals surface area contributed by atoms with E-state index >= 15 is 0 Å². The predicted molar refractivity (Wildman–Crippen MR) is 81.9 cm³/mol. The van der Waals surface area contributed by atoms with Crippen LogP contribution in [0.25, 0.3) is 0 Å². The summed E-state index contributed by atoms with van der Waals surface area (Å²) in [6.45, 7) is 0.742. The van der Waals surface area contributed by atoms with Gasteiger partial charge in [0.2, 0.25) is 5.91 Å². The van der Waals surface area contributed by atoms with Crippen LogP contribution in [0.15, 0.2) is 48.5 Å². The molecule has 1 aliphatic rings. The highest BCUT2D eigenvalue weighted by molar-refractivity contribution is 5.79. The van der Waals surface area contributed by atoms with E-state index in [0.717, 1.165) is 30.5 Å². The fraction of sp³-hybridized carbons (Fsp3) is 0.278. The molecule has 22 heavy (non-hydrogen) atoms. The standard InChI is InChI=1S/C18H18FNO2/c19-15-7-3-13(4-8-15)12-18(22)20-11-1-2-17(20)14-5-9-16(21)10-6-14/h3-10,17,21H,1-2,11-12H2/t17-/m1/s1. The summed E-state index contributed by atoms with van der Waals surface area (Å²) in [7, 11) is 0. The summed E-state index contributed by atoms with van der Waals surface area (Å²) in [6.07, 6.45) is 2.19. The highest BCUT2D eigenvalue weighted by atomic mass is 19.1. The van der Waals surface area contributed by atoms with Gasteiger partial charge in [0.25, 0.3) is 0 Å². The van der Waals surface area contributed by atoms with Gasteiger partial charge in [-0.1, -0.05) is 24.3 Å². The smallest absolute Gasteiger partial charge is 0.227 e. The molecule has 114 valence electrons. The van der Waals surface area contributed by atoms with Crippen LogP contribution in [0.2, 0.25) is 0 Å². The van der Waals surface area contributed by atoms with Crippen LogP contribution in [0, 0.1) is 5.82 Å². The van der Waals surface area contributed by atoms with Crippen molar-refractivity contribution in [2.24, 2.45) is 0 Å². The zero-order valence-electron chi connectivity index (χ0n) is 12.2. The van der Waals surface area contributed by atoms with Gasteiger partial charge in [-0.05, 0) is 48.2 Å². The van der Waals surface area contributed by atoms with Crippen LogP contribution in [0.3, 0.4) is 0 Å². The SMILES string of the molecule is O=C(Cc1ccc(F)cc1)N1CCC[C@@H]1c1ccc(O)cc1. The number of amides is 1. The summed E-state index contributed by atoms with van der Waals surface area (Å²) in [6, 6.07) is 13.2. The Kier molecular flexibility index (Phi) is 4.09. The van der Waals surface area contributed by atoms with Gasteiger partial charge >= 0.3 is 0 Å². The lowest BCUT2D eigenvalue weighted by Gasteiger charge is -2.25. The molecule has 0 radical (unpaired) electrons. The van der Waals surface area contributed by atoms with Crippen molar-refractivity contribution in [1.29, 1.82) is 0 Å². The molecule has 0 aromatic heterocycles. The molecule has 0 aliphatic carbocycles. The second-order valence-electron chi connectivity index (χ2n) is 5.64. The first kappa shape index (κ1) is 14.6. The second kappa shape index (κ2) is 6.18. The van der Waals surface area contributed by atoms with Crippen LogP contribution in [0.5, 0.6) is 5.75 Å². The van der Waals surface area contributed by atoms with Gasteiger partial charge < -0.3 is 10.0 Å². The Labute approximate surface area is 129 Å².